The van der Waals surface area contributed by atoms with Crippen LogP contribution in [0.5, 0.6) is 0 Å². The number of hydrogen-bond donors (Lipinski definition) is 2. The van der Waals surface area contributed by atoms with Crippen molar-refractivity contribution in [3.8, 4) is 0 Å². The Morgan fingerprint density at radius 2 is 2.17 bits per heavy atom. The van der Waals surface area contributed by atoms with Crippen LogP contribution in [0.4, 0.5) is 11.5 Å². The van der Waals surface area contributed by atoms with Crippen LogP contribution < -0.4 is 21.9 Å². The molecule has 0 radical (unpaired) electrons. The maximum Gasteiger partial charge on any atom is 0.330 e. The second kappa shape index (κ2) is 7.45. The van der Waals surface area contributed by atoms with E-state index in [1.54, 1.807) is 6.92 Å². The van der Waals surface area contributed by atoms with Gasteiger partial charge in [-0.3, -0.25) is 19.1 Å². The molecule has 1 aromatic rings. The molecule has 1 atom stereocenters. The molecule has 1 aliphatic heterocycles. The molecule has 0 bridgehead atoms. The van der Waals surface area contributed by atoms with Gasteiger partial charge in [-0.25, -0.2) is 4.79 Å². The third-order valence-corrected chi connectivity index (χ3v) is 4.01. The lowest BCUT2D eigenvalue weighted by Gasteiger charge is -2.25. The fourth-order valence-electron chi connectivity index (χ4n) is 2.75. The minimum atomic E-state index is -0.645. The molecule has 2 heterocycles. The van der Waals surface area contributed by atoms with Crippen molar-refractivity contribution in [2.24, 2.45) is 0 Å². The first kappa shape index (κ1) is 17.3. The monoisotopic (exact) mass is 324 g/mol. The second-order valence-electron chi connectivity index (χ2n) is 5.58. The van der Waals surface area contributed by atoms with Gasteiger partial charge < -0.3 is 15.4 Å². The van der Waals surface area contributed by atoms with E-state index in [0.717, 1.165) is 19.3 Å². The third kappa shape index (κ3) is 3.47. The van der Waals surface area contributed by atoms with E-state index in [0.29, 0.717) is 19.6 Å². The fourth-order valence-corrected chi connectivity index (χ4v) is 2.75. The SMILES string of the molecule is CCCCn1c(N)c(N(CC)C(=O)C2CCCO2)c(=O)[nH]c1=O. The molecule has 0 spiro atoms. The summed E-state index contributed by atoms with van der Waals surface area (Å²) in [6.07, 6.45) is 2.52. The van der Waals surface area contributed by atoms with Crippen molar-refractivity contribution in [1.29, 1.82) is 0 Å². The number of likely N-dealkylation sites (N-methyl/N-ethyl adjacent to an activating group) is 1. The van der Waals surface area contributed by atoms with Crippen LogP contribution in [0.1, 0.15) is 39.5 Å². The lowest BCUT2D eigenvalue weighted by molar-refractivity contribution is -0.127. The van der Waals surface area contributed by atoms with E-state index in [1.165, 1.54) is 9.47 Å². The zero-order valence-electron chi connectivity index (χ0n) is 13.6. The normalized spacial score (nSPS) is 17.4. The number of aromatic amines is 1. The van der Waals surface area contributed by atoms with Crippen LogP contribution in [0.15, 0.2) is 9.59 Å². The maximum atomic E-state index is 12.6. The smallest absolute Gasteiger partial charge is 0.330 e. The van der Waals surface area contributed by atoms with E-state index in [9.17, 15) is 14.4 Å². The van der Waals surface area contributed by atoms with Crippen molar-refractivity contribution in [3.63, 3.8) is 0 Å². The summed E-state index contributed by atoms with van der Waals surface area (Å²) in [5, 5.41) is 0. The lowest BCUT2D eigenvalue weighted by atomic mass is 10.2. The first-order chi connectivity index (χ1) is 11.0. The highest BCUT2D eigenvalue weighted by atomic mass is 16.5. The molecular formula is C15H24N4O4. The van der Waals surface area contributed by atoms with Crippen LogP contribution in [0, 0.1) is 0 Å². The number of H-pyrrole nitrogens is 1. The van der Waals surface area contributed by atoms with E-state index >= 15 is 0 Å². The molecule has 1 amide bonds. The summed E-state index contributed by atoms with van der Waals surface area (Å²) in [7, 11) is 0. The van der Waals surface area contributed by atoms with Crippen LogP contribution in [0.25, 0.3) is 0 Å². The van der Waals surface area contributed by atoms with Crippen molar-refractivity contribution in [1.82, 2.24) is 9.55 Å². The Kier molecular flexibility index (Phi) is 5.59. The van der Waals surface area contributed by atoms with Gasteiger partial charge in [0.05, 0.1) is 0 Å². The van der Waals surface area contributed by atoms with Crippen molar-refractivity contribution >= 4 is 17.4 Å². The summed E-state index contributed by atoms with van der Waals surface area (Å²) < 4.78 is 6.72. The Bertz CT molecular complexity index is 673. The number of nitrogens with zero attached hydrogens (tertiary/aromatic N) is 2. The number of nitrogens with one attached hydrogen (secondary N) is 1. The van der Waals surface area contributed by atoms with Gasteiger partial charge in [0.1, 0.15) is 11.9 Å². The number of aromatic nitrogens is 2. The molecule has 8 nitrogen and oxygen atoms in total. The van der Waals surface area contributed by atoms with Gasteiger partial charge in [0, 0.05) is 19.7 Å². The topological polar surface area (TPSA) is 110 Å². The standard InChI is InChI=1S/C15H24N4O4/c1-3-5-8-19-12(16)11(13(20)17-15(19)22)18(4-2)14(21)10-7-6-9-23-10/h10H,3-9,16H2,1-2H3,(H,17,20,22). The largest absolute Gasteiger partial charge is 0.383 e. The van der Waals surface area contributed by atoms with Crippen molar-refractivity contribution in [2.45, 2.75) is 52.2 Å². The number of rotatable bonds is 6. The van der Waals surface area contributed by atoms with E-state index in [1.807, 2.05) is 6.92 Å². The summed E-state index contributed by atoms with van der Waals surface area (Å²) in [4.78, 5) is 40.3. The van der Waals surface area contributed by atoms with Crippen molar-refractivity contribution in [2.75, 3.05) is 23.8 Å². The highest BCUT2D eigenvalue weighted by molar-refractivity contribution is 5.98. The zero-order chi connectivity index (χ0) is 17.0. The molecule has 0 aliphatic carbocycles. The first-order valence-corrected chi connectivity index (χ1v) is 8.06. The number of carbonyl (C=O) groups is 1. The quantitative estimate of drug-likeness (QED) is 0.789. The third-order valence-electron chi connectivity index (χ3n) is 4.01. The van der Waals surface area contributed by atoms with Crippen LogP contribution in [0.3, 0.4) is 0 Å². The number of ether oxygens (including phenoxy) is 1. The Hall–Kier alpha value is -2.09. The molecule has 1 fully saturated rings. The van der Waals surface area contributed by atoms with Crippen LogP contribution in [0.2, 0.25) is 0 Å². The predicted octanol–water partition coefficient (Wildman–Crippen LogP) is 0.451. The molecule has 23 heavy (non-hydrogen) atoms. The minimum Gasteiger partial charge on any atom is -0.383 e. The summed E-state index contributed by atoms with van der Waals surface area (Å²) in [6.45, 7) is 4.96. The van der Waals surface area contributed by atoms with Crippen LogP contribution >= 0.6 is 0 Å². The van der Waals surface area contributed by atoms with Crippen molar-refractivity contribution < 1.29 is 9.53 Å². The summed E-state index contributed by atoms with van der Waals surface area (Å²) >= 11 is 0. The van der Waals surface area contributed by atoms with Crippen LogP contribution in [-0.4, -0.2) is 34.7 Å². The van der Waals surface area contributed by atoms with Gasteiger partial charge in [0.25, 0.3) is 11.5 Å². The number of hydrogen-bond acceptors (Lipinski definition) is 5. The fraction of sp³-hybridized carbons (Fsp3) is 0.667. The Labute approximate surface area is 134 Å². The number of anilines is 2. The minimum absolute atomic E-state index is 0.0281. The molecule has 1 aromatic heterocycles. The highest BCUT2D eigenvalue weighted by Gasteiger charge is 2.31. The number of amides is 1. The van der Waals surface area contributed by atoms with Gasteiger partial charge in [0.15, 0.2) is 5.69 Å². The molecule has 1 aliphatic rings. The molecule has 1 unspecified atom stereocenters. The highest BCUT2D eigenvalue weighted by Crippen LogP contribution is 2.21. The Morgan fingerprint density at radius 3 is 2.74 bits per heavy atom. The zero-order valence-corrected chi connectivity index (χ0v) is 13.6. The average Bonchev–Trinajstić information content (AvgIpc) is 3.05. The van der Waals surface area contributed by atoms with Gasteiger partial charge in [0.2, 0.25) is 0 Å². The van der Waals surface area contributed by atoms with E-state index in [2.05, 4.69) is 4.98 Å². The van der Waals surface area contributed by atoms with Crippen molar-refractivity contribution in [3.05, 3.63) is 20.8 Å². The molecule has 0 saturated carbocycles. The molecule has 0 aromatic carbocycles. The van der Waals surface area contributed by atoms with Crippen LogP contribution in [-0.2, 0) is 16.1 Å². The summed E-state index contributed by atoms with van der Waals surface area (Å²) in [6, 6.07) is 0. The van der Waals surface area contributed by atoms with Gasteiger partial charge in [-0.05, 0) is 26.2 Å². The number of carbonyl (C=O) groups excluding carboxylic acids is 1. The average molecular weight is 324 g/mol. The molecule has 2 rings (SSSR count). The number of nitrogens with two attached hydrogens (primary N) is 1. The molecule has 3 N–H and O–H groups in total. The predicted molar refractivity (Wildman–Crippen MR) is 87.6 cm³/mol. The van der Waals surface area contributed by atoms with Gasteiger partial charge in [-0.1, -0.05) is 13.3 Å². The molecule has 128 valence electrons. The lowest BCUT2D eigenvalue weighted by Crippen LogP contribution is -2.44. The Balaban J connectivity index is 2.44. The number of nitrogen functional groups attached to an aromatic ring is 1. The maximum absolute atomic E-state index is 12.6. The molecule has 1 saturated heterocycles. The molecular weight excluding hydrogens is 300 g/mol. The first-order valence-electron chi connectivity index (χ1n) is 8.06. The van der Waals surface area contributed by atoms with Gasteiger partial charge >= 0.3 is 5.69 Å². The summed E-state index contributed by atoms with van der Waals surface area (Å²) in [5.41, 5.74) is 4.88. The van der Waals surface area contributed by atoms with E-state index in [-0.39, 0.29) is 24.0 Å². The van der Waals surface area contributed by atoms with E-state index in [4.69, 9.17) is 10.5 Å². The Morgan fingerprint density at radius 1 is 1.43 bits per heavy atom. The van der Waals surface area contributed by atoms with Gasteiger partial charge in [-0.15, -0.1) is 0 Å². The van der Waals surface area contributed by atoms with Gasteiger partial charge in [-0.2, -0.15) is 0 Å². The second-order valence-corrected chi connectivity index (χ2v) is 5.58. The summed E-state index contributed by atoms with van der Waals surface area (Å²) in [5.74, 6) is -0.261. The number of unbranched alkanes of at least 4 members (excludes halogenated alkanes) is 1. The van der Waals surface area contributed by atoms with E-state index < -0.39 is 17.4 Å². The molecule has 8 heteroatoms.